The Morgan fingerprint density at radius 2 is 2.28 bits per heavy atom. The molecule has 1 amide bonds. The summed E-state index contributed by atoms with van der Waals surface area (Å²) in [6.07, 6.45) is 1.17. The molecule has 0 bridgehead atoms. The van der Waals surface area contributed by atoms with Gasteiger partial charge in [-0.3, -0.25) is 4.79 Å². The number of aromatic nitrogens is 1. The van der Waals surface area contributed by atoms with Crippen LogP contribution < -0.4 is 11.1 Å². The highest BCUT2D eigenvalue weighted by atomic mass is 16.5. The zero-order valence-corrected chi connectivity index (χ0v) is 10.8. The van der Waals surface area contributed by atoms with Crippen LogP contribution in [0.1, 0.15) is 24.1 Å². The van der Waals surface area contributed by atoms with Crippen LogP contribution in [0.15, 0.2) is 12.1 Å². The third-order valence-electron chi connectivity index (χ3n) is 3.01. The van der Waals surface area contributed by atoms with E-state index in [0.29, 0.717) is 12.4 Å². The van der Waals surface area contributed by atoms with E-state index in [-0.39, 0.29) is 12.0 Å². The Labute approximate surface area is 107 Å². The largest absolute Gasteiger partial charge is 0.364 e. The number of anilines is 1. The summed E-state index contributed by atoms with van der Waals surface area (Å²) in [6.45, 7) is 4.34. The summed E-state index contributed by atoms with van der Waals surface area (Å²) < 4.78 is 5.54. The van der Waals surface area contributed by atoms with Gasteiger partial charge < -0.3 is 15.8 Å². The molecule has 2 heterocycles. The number of aryl methyl sites for hydroxylation is 2. The van der Waals surface area contributed by atoms with Crippen molar-refractivity contribution < 1.29 is 9.53 Å². The fourth-order valence-electron chi connectivity index (χ4n) is 2.18. The van der Waals surface area contributed by atoms with E-state index in [2.05, 4.69) is 10.3 Å². The molecule has 0 radical (unpaired) electrons. The summed E-state index contributed by atoms with van der Waals surface area (Å²) >= 11 is 0. The molecule has 3 N–H and O–H groups in total. The molecule has 0 spiro atoms. The molecule has 1 aliphatic heterocycles. The number of hydrogen-bond donors (Lipinski definition) is 2. The van der Waals surface area contributed by atoms with Crippen LogP contribution in [0.25, 0.3) is 0 Å². The quantitative estimate of drug-likeness (QED) is 0.842. The van der Waals surface area contributed by atoms with Crippen molar-refractivity contribution in [3.05, 3.63) is 23.4 Å². The second kappa shape index (κ2) is 5.46. The first-order valence-electron chi connectivity index (χ1n) is 6.20. The highest BCUT2D eigenvalue weighted by molar-refractivity contribution is 5.93. The number of pyridine rings is 1. The zero-order valence-electron chi connectivity index (χ0n) is 10.8. The first kappa shape index (κ1) is 13.0. The third-order valence-corrected chi connectivity index (χ3v) is 3.01. The molecule has 1 saturated heterocycles. The lowest BCUT2D eigenvalue weighted by Gasteiger charge is -2.12. The van der Waals surface area contributed by atoms with Crippen molar-refractivity contribution in [2.24, 2.45) is 5.73 Å². The average Bonchev–Trinajstić information content (AvgIpc) is 2.75. The minimum atomic E-state index is -0.402. The smallest absolute Gasteiger partial charge is 0.254 e. The van der Waals surface area contributed by atoms with Crippen molar-refractivity contribution in [1.29, 1.82) is 0 Å². The number of nitrogens with two attached hydrogens (primary N) is 1. The van der Waals surface area contributed by atoms with Crippen molar-refractivity contribution >= 4 is 11.7 Å². The van der Waals surface area contributed by atoms with Crippen molar-refractivity contribution in [2.45, 2.75) is 38.9 Å². The minimum Gasteiger partial charge on any atom is -0.364 e. The fraction of sp³-hybridized carbons (Fsp3) is 0.538. The first-order valence-corrected chi connectivity index (χ1v) is 6.20. The Bertz CT molecular complexity index is 428. The maximum Gasteiger partial charge on any atom is 0.254 e. The number of hydrogen-bond acceptors (Lipinski definition) is 4. The number of carbonyl (C=O) groups excluding carboxylic acids is 1. The van der Waals surface area contributed by atoms with E-state index in [1.165, 1.54) is 0 Å². The summed E-state index contributed by atoms with van der Waals surface area (Å²) in [5.41, 5.74) is 7.48. The van der Waals surface area contributed by atoms with E-state index in [4.69, 9.17) is 10.5 Å². The molecule has 1 aliphatic rings. The summed E-state index contributed by atoms with van der Waals surface area (Å²) in [7, 11) is 0. The van der Waals surface area contributed by atoms with E-state index < -0.39 is 6.10 Å². The van der Waals surface area contributed by atoms with Crippen molar-refractivity contribution in [3.63, 3.8) is 0 Å². The van der Waals surface area contributed by atoms with E-state index in [9.17, 15) is 4.79 Å². The molecule has 5 heteroatoms. The first-order chi connectivity index (χ1) is 8.58. The predicted octanol–water partition coefficient (Wildman–Crippen LogP) is 1.14. The number of rotatable bonds is 3. The van der Waals surface area contributed by atoms with Gasteiger partial charge in [0.2, 0.25) is 0 Å². The standard InChI is InChI=1S/C13H19N3O2/c1-8-5-9(2)15-12(6-8)16-13(17)11-4-3-10(7-14)18-11/h5-6,10-11H,3-4,7,14H2,1-2H3,(H,15,16,17). The molecule has 2 atom stereocenters. The van der Waals surface area contributed by atoms with E-state index >= 15 is 0 Å². The molecule has 1 aromatic rings. The number of carbonyl (C=O) groups is 1. The normalized spacial score (nSPS) is 23.1. The Balaban J connectivity index is 1.99. The number of amides is 1. The number of nitrogens with zero attached hydrogens (tertiary/aromatic N) is 1. The Morgan fingerprint density at radius 1 is 1.50 bits per heavy atom. The van der Waals surface area contributed by atoms with Crippen molar-refractivity contribution in [2.75, 3.05) is 11.9 Å². The molecule has 98 valence electrons. The lowest BCUT2D eigenvalue weighted by molar-refractivity contribution is -0.126. The Morgan fingerprint density at radius 3 is 2.89 bits per heavy atom. The summed E-state index contributed by atoms with van der Waals surface area (Å²) in [4.78, 5) is 16.3. The van der Waals surface area contributed by atoms with Crippen LogP contribution in [0.3, 0.4) is 0 Å². The van der Waals surface area contributed by atoms with Crippen LogP contribution in [0.5, 0.6) is 0 Å². The fourth-order valence-corrected chi connectivity index (χ4v) is 2.18. The highest BCUT2D eigenvalue weighted by Gasteiger charge is 2.29. The molecule has 0 saturated carbocycles. The van der Waals surface area contributed by atoms with Gasteiger partial charge in [-0.2, -0.15) is 0 Å². The molecule has 1 aromatic heterocycles. The molecule has 5 nitrogen and oxygen atoms in total. The lowest BCUT2D eigenvalue weighted by atomic mass is 10.2. The SMILES string of the molecule is Cc1cc(C)nc(NC(=O)C2CCC(CN)O2)c1. The second-order valence-electron chi connectivity index (χ2n) is 4.72. The van der Waals surface area contributed by atoms with E-state index in [1.807, 2.05) is 26.0 Å². The highest BCUT2D eigenvalue weighted by Crippen LogP contribution is 2.20. The van der Waals surface area contributed by atoms with Gasteiger partial charge in [-0.05, 0) is 44.4 Å². The Hall–Kier alpha value is -1.46. The Kier molecular flexibility index (Phi) is 3.93. The molecule has 2 rings (SSSR count). The van der Waals surface area contributed by atoms with Gasteiger partial charge in [0.15, 0.2) is 0 Å². The predicted molar refractivity (Wildman–Crippen MR) is 69.3 cm³/mol. The van der Waals surface area contributed by atoms with Crippen molar-refractivity contribution in [3.8, 4) is 0 Å². The topological polar surface area (TPSA) is 77.2 Å². The lowest BCUT2D eigenvalue weighted by Crippen LogP contribution is -2.30. The molecule has 1 fully saturated rings. The molecular formula is C13H19N3O2. The van der Waals surface area contributed by atoms with Gasteiger partial charge in [0.25, 0.3) is 5.91 Å². The van der Waals surface area contributed by atoms with Gasteiger partial charge in [0.05, 0.1) is 6.10 Å². The number of ether oxygens (including phenoxy) is 1. The van der Waals surface area contributed by atoms with Gasteiger partial charge >= 0.3 is 0 Å². The van der Waals surface area contributed by atoms with Crippen LogP contribution in [0.4, 0.5) is 5.82 Å². The second-order valence-corrected chi connectivity index (χ2v) is 4.72. The van der Waals surface area contributed by atoms with Crippen molar-refractivity contribution in [1.82, 2.24) is 4.98 Å². The molecule has 2 unspecified atom stereocenters. The van der Waals surface area contributed by atoms with Crippen LogP contribution in [-0.4, -0.2) is 29.6 Å². The van der Waals surface area contributed by atoms with Crippen LogP contribution in [0, 0.1) is 13.8 Å². The zero-order chi connectivity index (χ0) is 13.1. The van der Waals surface area contributed by atoms with Gasteiger partial charge in [-0.1, -0.05) is 0 Å². The van der Waals surface area contributed by atoms with Crippen LogP contribution >= 0.6 is 0 Å². The number of nitrogens with one attached hydrogen (secondary N) is 1. The molecule has 0 aliphatic carbocycles. The van der Waals surface area contributed by atoms with E-state index in [1.54, 1.807) is 0 Å². The van der Waals surface area contributed by atoms with Gasteiger partial charge in [-0.25, -0.2) is 4.98 Å². The third kappa shape index (κ3) is 3.05. The van der Waals surface area contributed by atoms with Crippen LogP contribution in [-0.2, 0) is 9.53 Å². The molecule has 0 aromatic carbocycles. The maximum atomic E-state index is 12.0. The minimum absolute atomic E-state index is 0.00737. The maximum absolute atomic E-state index is 12.0. The van der Waals surface area contributed by atoms with Gasteiger partial charge in [0, 0.05) is 12.2 Å². The molecular weight excluding hydrogens is 230 g/mol. The average molecular weight is 249 g/mol. The summed E-state index contributed by atoms with van der Waals surface area (Å²) in [5, 5.41) is 2.79. The molecule has 18 heavy (non-hydrogen) atoms. The van der Waals surface area contributed by atoms with Gasteiger partial charge in [-0.15, -0.1) is 0 Å². The van der Waals surface area contributed by atoms with E-state index in [0.717, 1.165) is 24.1 Å². The summed E-state index contributed by atoms with van der Waals surface area (Å²) in [6, 6.07) is 3.81. The van der Waals surface area contributed by atoms with Gasteiger partial charge in [0.1, 0.15) is 11.9 Å². The van der Waals surface area contributed by atoms with Crippen LogP contribution in [0.2, 0.25) is 0 Å². The summed E-state index contributed by atoms with van der Waals surface area (Å²) in [5.74, 6) is 0.445. The monoisotopic (exact) mass is 249 g/mol.